The number of halogens is 1. The van der Waals surface area contributed by atoms with Crippen molar-refractivity contribution in [3.05, 3.63) is 35.6 Å². The van der Waals surface area contributed by atoms with Crippen molar-refractivity contribution in [1.29, 1.82) is 5.26 Å². The largest absolute Gasteiger partial charge is 0.450 e. The molecule has 1 saturated carbocycles. The number of hydrogen-bond acceptors (Lipinski definition) is 4. The van der Waals surface area contributed by atoms with E-state index in [1.807, 2.05) is 13.0 Å². The molecule has 146 valence electrons. The number of benzene rings is 1. The maximum Gasteiger partial charge on any atom is 0.409 e. The van der Waals surface area contributed by atoms with Gasteiger partial charge >= 0.3 is 6.09 Å². The summed E-state index contributed by atoms with van der Waals surface area (Å²) in [6.07, 6.45) is 4.04. The minimum atomic E-state index is -0.582. The van der Waals surface area contributed by atoms with Gasteiger partial charge in [0.15, 0.2) is 0 Å². The molecular formula is C21H28FN3O2. The zero-order chi connectivity index (χ0) is 19.3. The molecule has 0 atom stereocenters. The van der Waals surface area contributed by atoms with Gasteiger partial charge in [-0.1, -0.05) is 12.1 Å². The Kier molecular flexibility index (Phi) is 6.33. The molecule has 27 heavy (non-hydrogen) atoms. The first-order valence-electron chi connectivity index (χ1n) is 9.91. The summed E-state index contributed by atoms with van der Waals surface area (Å²) in [5.74, 6) is -0.282. The monoisotopic (exact) mass is 373 g/mol. The number of carbonyl (C=O) groups is 1. The minimum absolute atomic E-state index is 0.224. The van der Waals surface area contributed by atoms with Crippen molar-refractivity contribution in [3.63, 3.8) is 0 Å². The SMILES string of the molecule is CCOC(=O)N1CCCN(C2CCC(C#N)(c3cccc(F)c3)CC2)CC1. The van der Waals surface area contributed by atoms with Crippen molar-refractivity contribution in [1.82, 2.24) is 9.80 Å². The lowest BCUT2D eigenvalue weighted by atomic mass is 9.69. The van der Waals surface area contributed by atoms with Crippen LogP contribution < -0.4 is 0 Å². The smallest absolute Gasteiger partial charge is 0.409 e. The predicted octanol–water partition coefficient (Wildman–Crippen LogP) is 3.69. The molecular weight excluding hydrogens is 345 g/mol. The molecule has 1 heterocycles. The van der Waals surface area contributed by atoms with Crippen LogP contribution in [0.25, 0.3) is 0 Å². The molecule has 0 aromatic heterocycles. The van der Waals surface area contributed by atoms with Crippen molar-refractivity contribution in [2.24, 2.45) is 0 Å². The minimum Gasteiger partial charge on any atom is -0.450 e. The fourth-order valence-electron chi connectivity index (χ4n) is 4.41. The maximum absolute atomic E-state index is 13.6. The van der Waals surface area contributed by atoms with Gasteiger partial charge in [-0.25, -0.2) is 9.18 Å². The van der Waals surface area contributed by atoms with E-state index in [0.29, 0.717) is 19.2 Å². The molecule has 0 radical (unpaired) electrons. The molecule has 1 aliphatic carbocycles. The van der Waals surface area contributed by atoms with E-state index in [9.17, 15) is 14.4 Å². The third-order valence-corrected chi connectivity index (χ3v) is 5.97. The summed E-state index contributed by atoms with van der Waals surface area (Å²) in [5, 5.41) is 9.83. The first-order chi connectivity index (χ1) is 13.1. The lowest BCUT2D eigenvalue weighted by molar-refractivity contribution is 0.104. The molecule has 1 aromatic rings. The van der Waals surface area contributed by atoms with Crippen molar-refractivity contribution in [2.45, 2.75) is 50.5 Å². The van der Waals surface area contributed by atoms with Crippen molar-refractivity contribution < 1.29 is 13.9 Å². The Morgan fingerprint density at radius 3 is 2.74 bits per heavy atom. The molecule has 2 aliphatic rings. The normalized spacial score (nSPS) is 26.9. The number of nitrogens with zero attached hydrogens (tertiary/aromatic N) is 3. The lowest BCUT2D eigenvalue weighted by Gasteiger charge is -2.40. The molecule has 0 N–H and O–H groups in total. The van der Waals surface area contributed by atoms with Crippen LogP contribution in [0, 0.1) is 17.1 Å². The highest BCUT2D eigenvalue weighted by molar-refractivity contribution is 5.67. The van der Waals surface area contributed by atoms with E-state index < -0.39 is 5.41 Å². The molecule has 0 bridgehead atoms. The summed E-state index contributed by atoms with van der Waals surface area (Å²) in [4.78, 5) is 16.2. The Bertz CT molecular complexity index is 695. The van der Waals surface area contributed by atoms with Crippen LogP contribution in [0.4, 0.5) is 9.18 Å². The van der Waals surface area contributed by atoms with Gasteiger partial charge in [0.05, 0.1) is 18.1 Å². The van der Waals surface area contributed by atoms with Crippen LogP contribution in [0.2, 0.25) is 0 Å². The summed E-state index contributed by atoms with van der Waals surface area (Å²) in [6.45, 7) is 5.43. The summed E-state index contributed by atoms with van der Waals surface area (Å²) < 4.78 is 18.8. The van der Waals surface area contributed by atoms with Gasteiger partial charge in [0.2, 0.25) is 0 Å². The predicted molar refractivity (Wildman–Crippen MR) is 101 cm³/mol. The van der Waals surface area contributed by atoms with Gasteiger partial charge < -0.3 is 9.64 Å². The fraction of sp³-hybridized carbons (Fsp3) is 0.619. The van der Waals surface area contributed by atoms with E-state index in [4.69, 9.17) is 4.74 Å². The van der Waals surface area contributed by atoms with Gasteiger partial charge in [0.25, 0.3) is 0 Å². The highest BCUT2D eigenvalue weighted by Gasteiger charge is 2.39. The van der Waals surface area contributed by atoms with E-state index in [2.05, 4.69) is 11.0 Å². The molecule has 1 saturated heterocycles. The van der Waals surface area contributed by atoms with Gasteiger partial charge in [0, 0.05) is 32.2 Å². The Balaban J connectivity index is 1.60. The maximum atomic E-state index is 13.6. The summed E-state index contributed by atoms with van der Waals surface area (Å²) in [5.41, 5.74) is 0.217. The molecule has 0 unspecified atom stereocenters. The first kappa shape index (κ1) is 19.6. The molecule has 1 aromatic carbocycles. The number of hydrogen-bond donors (Lipinski definition) is 0. The quantitative estimate of drug-likeness (QED) is 0.811. The van der Waals surface area contributed by atoms with Crippen LogP contribution in [0.3, 0.4) is 0 Å². The van der Waals surface area contributed by atoms with Gasteiger partial charge in [-0.05, 0) is 56.7 Å². The second-order valence-electron chi connectivity index (χ2n) is 7.51. The summed E-state index contributed by atoms with van der Waals surface area (Å²) >= 11 is 0. The Morgan fingerprint density at radius 2 is 2.07 bits per heavy atom. The first-order valence-corrected chi connectivity index (χ1v) is 9.91. The second-order valence-corrected chi connectivity index (χ2v) is 7.51. The highest BCUT2D eigenvalue weighted by Crippen LogP contribution is 2.40. The van der Waals surface area contributed by atoms with Crippen molar-refractivity contribution >= 4 is 6.09 Å². The second kappa shape index (κ2) is 8.71. The highest BCUT2D eigenvalue weighted by atomic mass is 19.1. The fourth-order valence-corrected chi connectivity index (χ4v) is 4.41. The molecule has 3 rings (SSSR count). The Hall–Kier alpha value is -2.13. The topological polar surface area (TPSA) is 56.6 Å². The van der Waals surface area contributed by atoms with E-state index in [0.717, 1.165) is 57.3 Å². The van der Waals surface area contributed by atoms with Gasteiger partial charge in [-0.2, -0.15) is 5.26 Å². The summed E-state index contributed by atoms with van der Waals surface area (Å²) in [6, 6.07) is 9.39. The van der Waals surface area contributed by atoms with Crippen LogP contribution in [0.5, 0.6) is 0 Å². The van der Waals surface area contributed by atoms with Crippen LogP contribution in [0.1, 0.15) is 44.6 Å². The Labute approximate surface area is 160 Å². The molecule has 2 fully saturated rings. The van der Waals surface area contributed by atoms with Crippen LogP contribution in [-0.2, 0) is 10.2 Å². The molecule has 1 aliphatic heterocycles. The van der Waals surface area contributed by atoms with Crippen LogP contribution in [0.15, 0.2) is 24.3 Å². The van der Waals surface area contributed by atoms with Crippen molar-refractivity contribution in [3.8, 4) is 6.07 Å². The molecule has 0 spiro atoms. The number of rotatable bonds is 3. The van der Waals surface area contributed by atoms with Crippen LogP contribution >= 0.6 is 0 Å². The number of amides is 1. The number of ether oxygens (including phenoxy) is 1. The average Bonchev–Trinajstić information content (AvgIpc) is 2.94. The van der Waals surface area contributed by atoms with E-state index in [1.54, 1.807) is 11.0 Å². The molecule has 6 heteroatoms. The molecule has 1 amide bonds. The van der Waals surface area contributed by atoms with E-state index >= 15 is 0 Å². The zero-order valence-corrected chi connectivity index (χ0v) is 16.0. The van der Waals surface area contributed by atoms with Gasteiger partial charge in [-0.15, -0.1) is 0 Å². The van der Waals surface area contributed by atoms with E-state index in [-0.39, 0.29) is 11.9 Å². The van der Waals surface area contributed by atoms with Gasteiger partial charge in [0.1, 0.15) is 5.82 Å². The lowest BCUT2D eigenvalue weighted by Crippen LogP contribution is -2.44. The summed E-state index contributed by atoms with van der Waals surface area (Å²) in [7, 11) is 0. The standard InChI is InChI=1S/C21H28FN3O2/c1-2-27-20(26)25-12-4-11-24(13-14-25)19-7-9-21(16-23,10-8-19)17-5-3-6-18(22)15-17/h3,5-6,15,19H,2,4,7-14H2,1H3. The third kappa shape index (κ3) is 4.41. The van der Waals surface area contributed by atoms with Crippen LogP contribution in [-0.4, -0.2) is 54.7 Å². The van der Waals surface area contributed by atoms with E-state index in [1.165, 1.54) is 12.1 Å². The van der Waals surface area contributed by atoms with Gasteiger partial charge in [-0.3, -0.25) is 4.90 Å². The van der Waals surface area contributed by atoms with Crippen molar-refractivity contribution in [2.75, 3.05) is 32.8 Å². The molecule has 5 nitrogen and oxygen atoms in total. The Morgan fingerprint density at radius 1 is 1.30 bits per heavy atom. The number of carbonyl (C=O) groups excluding carboxylic acids is 1. The zero-order valence-electron chi connectivity index (χ0n) is 16.0. The third-order valence-electron chi connectivity index (χ3n) is 5.97. The average molecular weight is 373 g/mol. The number of nitriles is 1.